The van der Waals surface area contributed by atoms with E-state index in [1.165, 1.54) is 34.5 Å². The summed E-state index contributed by atoms with van der Waals surface area (Å²) >= 11 is 0. The van der Waals surface area contributed by atoms with Crippen molar-refractivity contribution in [2.75, 3.05) is 25.5 Å². The van der Waals surface area contributed by atoms with E-state index >= 15 is 0 Å². The van der Waals surface area contributed by atoms with Crippen LogP contribution in [0.3, 0.4) is 0 Å². The molecule has 140 valence electrons. The summed E-state index contributed by atoms with van der Waals surface area (Å²) in [5, 5.41) is 0. The largest absolute Gasteiger partial charge is 0.378 e. The minimum Gasteiger partial charge on any atom is -0.378 e. The lowest BCUT2D eigenvalue weighted by molar-refractivity contribution is 0.220. The molecule has 2 aromatic carbocycles. The molecule has 0 N–H and O–H groups in total. The molecule has 1 aromatic heterocycles. The lowest BCUT2D eigenvalue weighted by atomic mass is 10.00. The zero-order chi connectivity index (χ0) is 18.8. The lowest BCUT2D eigenvalue weighted by Crippen LogP contribution is -2.29. The summed E-state index contributed by atoms with van der Waals surface area (Å²) in [5.74, 6) is 0. The van der Waals surface area contributed by atoms with Crippen molar-refractivity contribution < 1.29 is 0 Å². The van der Waals surface area contributed by atoms with Gasteiger partial charge in [0.05, 0.1) is 6.04 Å². The number of benzene rings is 2. The predicted octanol–water partition coefficient (Wildman–Crippen LogP) is 4.86. The zero-order valence-electron chi connectivity index (χ0n) is 16.6. The Labute approximate surface area is 162 Å². The van der Waals surface area contributed by atoms with Crippen LogP contribution in [0, 0.1) is 6.92 Å². The van der Waals surface area contributed by atoms with E-state index in [0.717, 1.165) is 19.6 Å². The first kappa shape index (κ1) is 17.9. The second-order valence-electron chi connectivity index (χ2n) is 7.82. The highest BCUT2D eigenvalue weighted by molar-refractivity contribution is 5.46. The van der Waals surface area contributed by atoms with Gasteiger partial charge in [-0.15, -0.1) is 0 Å². The van der Waals surface area contributed by atoms with Gasteiger partial charge in [0.25, 0.3) is 0 Å². The molecule has 0 radical (unpaired) electrons. The van der Waals surface area contributed by atoms with Gasteiger partial charge in [-0.1, -0.05) is 42.0 Å². The van der Waals surface area contributed by atoms with Gasteiger partial charge in [-0.2, -0.15) is 0 Å². The first-order valence-corrected chi connectivity index (χ1v) is 9.84. The van der Waals surface area contributed by atoms with E-state index in [2.05, 4.69) is 102 Å². The Hall–Kier alpha value is -2.52. The molecule has 1 aliphatic heterocycles. The van der Waals surface area contributed by atoms with Gasteiger partial charge in [-0.25, -0.2) is 0 Å². The molecule has 1 atom stereocenters. The van der Waals surface area contributed by atoms with Gasteiger partial charge in [0.15, 0.2) is 0 Å². The quantitative estimate of drug-likeness (QED) is 0.659. The summed E-state index contributed by atoms with van der Waals surface area (Å²) in [5.41, 5.74) is 6.72. The van der Waals surface area contributed by atoms with Crippen molar-refractivity contribution in [3.8, 4) is 0 Å². The molecule has 3 nitrogen and oxygen atoms in total. The van der Waals surface area contributed by atoms with Crippen LogP contribution in [0.4, 0.5) is 5.69 Å². The number of rotatable bonds is 4. The van der Waals surface area contributed by atoms with Crippen molar-refractivity contribution in [3.63, 3.8) is 0 Å². The minimum atomic E-state index is 0.302. The van der Waals surface area contributed by atoms with Crippen molar-refractivity contribution >= 4 is 5.69 Å². The van der Waals surface area contributed by atoms with Crippen molar-refractivity contribution in [2.24, 2.45) is 0 Å². The highest BCUT2D eigenvalue weighted by Crippen LogP contribution is 2.33. The fourth-order valence-corrected chi connectivity index (χ4v) is 4.07. The number of aryl methyl sites for hydroxylation is 2. The van der Waals surface area contributed by atoms with Crippen LogP contribution < -0.4 is 4.90 Å². The molecule has 0 bridgehead atoms. The molecule has 3 aromatic rings. The summed E-state index contributed by atoms with van der Waals surface area (Å²) in [7, 11) is 4.18. The molecule has 1 aliphatic rings. The average Bonchev–Trinajstić information content (AvgIpc) is 3.05. The van der Waals surface area contributed by atoms with E-state index in [9.17, 15) is 0 Å². The highest BCUT2D eigenvalue weighted by Gasteiger charge is 2.27. The minimum absolute atomic E-state index is 0.302. The maximum atomic E-state index is 2.63. The predicted molar refractivity (Wildman–Crippen MR) is 113 cm³/mol. The van der Waals surface area contributed by atoms with Gasteiger partial charge >= 0.3 is 0 Å². The average molecular weight is 360 g/mol. The Kier molecular flexibility index (Phi) is 5.04. The van der Waals surface area contributed by atoms with Gasteiger partial charge in [-0.05, 0) is 48.7 Å². The summed E-state index contributed by atoms with van der Waals surface area (Å²) in [6.45, 7) is 5.33. The first-order chi connectivity index (χ1) is 13.1. The van der Waals surface area contributed by atoms with Gasteiger partial charge < -0.3 is 9.47 Å². The SMILES string of the molecule is Cc1ccc(C2c3cccn3CCCN2Cc2ccc(N(C)C)cc2)cc1. The van der Waals surface area contributed by atoms with Crippen LogP contribution in [0.5, 0.6) is 0 Å². The number of nitrogens with zero attached hydrogens (tertiary/aromatic N) is 3. The van der Waals surface area contributed by atoms with Crippen molar-refractivity contribution in [3.05, 3.63) is 89.2 Å². The fourth-order valence-electron chi connectivity index (χ4n) is 4.07. The Balaban J connectivity index is 1.67. The van der Waals surface area contributed by atoms with E-state index in [1.54, 1.807) is 0 Å². The number of aromatic nitrogens is 1. The molecule has 1 unspecified atom stereocenters. The normalized spacial score (nSPS) is 17.4. The highest BCUT2D eigenvalue weighted by atomic mass is 15.2. The Morgan fingerprint density at radius 1 is 0.926 bits per heavy atom. The molecule has 0 amide bonds. The van der Waals surface area contributed by atoms with Crippen molar-refractivity contribution in [1.29, 1.82) is 0 Å². The first-order valence-electron chi connectivity index (χ1n) is 9.84. The van der Waals surface area contributed by atoms with Crippen LogP contribution in [0.2, 0.25) is 0 Å². The van der Waals surface area contributed by atoms with E-state index in [-0.39, 0.29) is 0 Å². The standard InChI is InChI=1S/C24H29N3/c1-19-7-11-21(12-8-19)24-23-6-4-15-26(23)16-5-17-27(24)18-20-9-13-22(14-10-20)25(2)3/h4,6-15,24H,5,16-18H2,1-3H3. The maximum absolute atomic E-state index is 2.63. The molecular weight excluding hydrogens is 330 g/mol. The van der Waals surface area contributed by atoms with E-state index in [0.29, 0.717) is 6.04 Å². The van der Waals surface area contributed by atoms with Gasteiger partial charge in [0.1, 0.15) is 0 Å². The topological polar surface area (TPSA) is 11.4 Å². The number of hydrogen-bond acceptors (Lipinski definition) is 2. The van der Waals surface area contributed by atoms with Gasteiger partial charge in [0, 0.05) is 51.3 Å². The van der Waals surface area contributed by atoms with E-state index in [4.69, 9.17) is 0 Å². The molecular formula is C24H29N3. The summed E-state index contributed by atoms with van der Waals surface area (Å²) in [6.07, 6.45) is 3.41. The molecule has 4 rings (SSSR count). The van der Waals surface area contributed by atoms with Crippen molar-refractivity contribution in [2.45, 2.75) is 32.5 Å². The van der Waals surface area contributed by atoms with Gasteiger partial charge in [-0.3, -0.25) is 4.90 Å². The monoisotopic (exact) mass is 359 g/mol. The second-order valence-corrected chi connectivity index (χ2v) is 7.82. The number of fused-ring (bicyclic) bond motifs is 1. The van der Waals surface area contributed by atoms with Crippen LogP contribution in [0.15, 0.2) is 66.9 Å². The lowest BCUT2D eigenvalue weighted by Gasteiger charge is -2.31. The van der Waals surface area contributed by atoms with Crippen LogP contribution in [-0.2, 0) is 13.1 Å². The Bertz CT molecular complexity index is 875. The second kappa shape index (κ2) is 7.61. The maximum Gasteiger partial charge on any atom is 0.0759 e. The molecule has 0 saturated carbocycles. The van der Waals surface area contributed by atoms with Crippen molar-refractivity contribution in [1.82, 2.24) is 9.47 Å². The number of hydrogen-bond donors (Lipinski definition) is 0. The molecule has 0 aliphatic carbocycles. The Morgan fingerprint density at radius 3 is 2.37 bits per heavy atom. The van der Waals surface area contributed by atoms with E-state index < -0.39 is 0 Å². The van der Waals surface area contributed by atoms with Crippen LogP contribution in [-0.4, -0.2) is 30.1 Å². The third kappa shape index (κ3) is 3.79. The molecule has 0 saturated heterocycles. The number of anilines is 1. The smallest absolute Gasteiger partial charge is 0.0759 e. The molecule has 3 heteroatoms. The van der Waals surface area contributed by atoms with E-state index in [1.807, 2.05) is 0 Å². The van der Waals surface area contributed by atoms with Gasteiger partial charge in [0.2, 0.25) is 0 Å². The molecule has 0 spiro atoms. The molecule has 2 heterocycles. The third-order valence-corrected chi connectivity index (χ3v) is 5.59. The summed E-state index contributed by atoms with van der Waals surface area (Å²) in [4.78, 5) is 4.78. The molecule has 0 fully saturated rings. The zero-order valence-corrected chi connectivity index (χ0v) is 16.6. The summed E-state index contributed by atoms with van der Waals surface area (Å²) < 4.78 is 2.43. The van der Waals surface area contributed by atoms with Crippen LogP contribution in [0.25, 0.3) is 0 Å². The third-order valence-electron chi connectivity index (χ3n) is 5.59. The molecule has 27 heavy (non-hydrogen) atoms. The fraction of sp³-hybridized carbons (Fsp3) is 0.333. The Morgan fingerprint density at radius 2 is 1.67 bits per heavy atom. The van der Waals surface area contributed by atoms with Crippen LogP contribution in [0.1, 0.15) is 34.8 Å². The van der Waals surface area contributed by atoms with Crippen LogP contribution >= 0.6 is 0 Å². The summed E-state index contributed by atoms with van der Waals surface area (Å²) in [6, 6.07) is 22.8.